The molecular formula is C33H47N7. The zero-order valence-electron chi connectivity index (χ0n) is 25.4. The number of rotatable bonds is 12. The van der Waals surface area contributed by atoms with Crippen molar-refractivity contribution in [3.8, 4) is 0 Å². The van der Waals surface area contributed by atoms with Gasteiger partial charge in [0.2, 0.25) is 5.95 Å². The summed E-state index contributed by atoms with van der Waals surface area (Å²) in [6, 6.07) is 2.19. The molecule has 0 saturated carbocycles. The summed E-state index contributed by atoms with van der Waals surface area (Å²) in [5, 5.41) is 3.41. The number of nitrogens with zero attached hydrogens (tertiary/aromatic N) is 5. The van der Waals surface area contributed by atoms with Crippen LogP contribution >= 0.6 is 0 Å². The molecule has 1 aliphatic rings. The van der Waals surface area contributed by atoms with E-state index in [1.54, 1.807) is 0 Å². The van der Waals surface area contributed by atoms with Gasteiger partial charge in [-0.3, -0.25) is 4.99 Å². The van der Waals surface area contributed by atoms with E-state index in [2.05, 4.69) is 72.6 Å². The molecule has 1 saturated heterocycles. The lowest BCUT2D eigenvalue weighted by atomic mass is 9.92. The summed E-state index contributed by atoms with van der Waals surface area (Å²) in [7, 11) is 2.22. The summed E-state index contributed by atoms with van der Waals surface area (Å²) in [6.45, 7) is 18.0. The van der Waals surface area contributed by atoms with E-state index < -0.39 is 0 Å². The zero-order valence-corrected chi connectivity index (χ0v) is 25.4. The Bertz CT molecular complexity index is 1360. The van der Waals surface area contributed by atoms with Crippen LogP contribution in [0.25, 0.3) is 16.6 Å². The number of nitrogens with one attached hydrogen (secondary N) is 2. The van der Waals surface area contributed by atoms with E-state index in [9.17, 15) is 0 Å². The van der Waals surface area contributed by atoms with Gasteiger partial charge in [-0.05, 0) is 114 Å². The predicted molar refractivity (Wildman–Crippen MR) is 169 cm³/mol. The molecule has 7 nitrogen and oxygen atoms in total. The summed E-state index contributed by atoms with van der Waals surface area (Å²) in [5.41, 5.74) is 9.80. The lowest BCUT2D eigenvalue weighted by Gasteiger charge is -2.28. The highest BCUT2D eigenvalue weighted by atomic mass is 15.1. The molecule has 0 radical (unpaired) electrons. The SMILES string of the molecule is C=C/C(=C(C)\N=C(\C)CCC)c1nc2c(C)c(Cc3cnc(NCCCC4CCN(C)CC4)nc3)c(C)cc2[nH]1. The molecule has 3 aromatic rings. The molecule has 1 fully saturated rings. The molecule has 4 rings (SSSR count). The Morgan fingerprint density at radius 3 is 2.60 bits per heavy atom. The van der Waals surface area contributed by atoms with Crippen LogP contribution in [0.5, 0.6) is 0 Å². The summed E-state index contributed by atoms with van der Waals surface area (Å²) in [4.78, 5) is 25.0. The van der Waals surface area contributed by atoms with Crippen molar-refractivity contribution < 1.29 is 0 Å². The number of H-pyrrole nitrogens is 1. The fourth-order valence-electron chi connectivity index (χ4n) is 5.78. The fraction of sp³-hybridized carbons (Fsp3) is 0.515. The molecular weight excluding hydrogens is 494 g/mol. The molecule has 1 aromatic carbocycles. The van der Waals surface area contributed by atoms with Gasteiger partial charge < -0.3 is 15.2 Å². The monoisotopic (exact) mass is 541 g/mol. The van der Waals surface area contributed by atoms with Gasteiger partial charge in [0.05, 0.1) is 11.0 Å². The van der Waals surface area contributed by atoms with Crippen LogP contribution in [-0.4, -0.2) is 57.2 Å². The predicted octanol–water partition coefficient (Wildman–Crippen LogP) is 7.27. The maximum Gasteiger partial charge on any atom is 0.222 e. The highest BCUT2D eigenvalue weighted by Gasteiger charge is 2.17. The van der Waals surface area contributed by atoms with Gasteiger partial charge in [-0.1, -0.05) is 26.0 Å². The molecule has 0 bridgehead atoms. The van der Waals surface area contributed by atoms with Crippen LogP contribution in [-0.2, 0) is 6.42 Å². The van der Waals surface area contributed by atoms with Crippen molar-refractivity contribution in [1.29, 1.82) is 0 Å². The van der Waals surface area contributed by atoms with E-state index >= 15 is 0 Å². The van der Waals surface area contributed by atoms with Crippen LogP contribution in [0.4, 0.5) is 5.95 Å². The standard InChI is InChI=1S/C33H47N7/c1-8-11-23(4)37-25(6)28(9-2)32-38-30-18-22(3)29(24(5)31(30)39-32)19-27-20-35-33(36-21-27)34-15-10-12-26-13-16-40(7)17-14-26/h9,18,20-21,26H,2,8,10-17,19H2,1,3-7H3,(H,38,39)(H,34,35,36)/b28-25+,37-23-. The second kappa shape index (κ2) is 13.8. The number of imidazole rings is 1. The van der Waals surface area contributed by atoms with E-state index in [0.29, 0.717) is 5.95 Å². The maximum absolute atomic E-state index is 5.00. The number of hydrogen-bond donors (Lipinski definition) is 2. The topological polar surface area (TPSA) is 82.1 Å². The van der Waals surface area contributed by atoms with E-state index in [0.717, 1.165) is 77.5 Å². The molecule has 0 aliphatic carbocycles. The number of anilines is 1. The first-order valence-electron chi connectivity index (χ1n) is 14.9. The molecule has 214 valence electrons. The average molecular weight is 542 g/mol. The van der Waals surface area contributed by atoms with Crippen LogP contribution in [0.1, 0.15) is 87.4 Å². The summed E-state index contributed by atoms with van der Waals surface area (Å²) >= 11 is 0. The van der Waals surface area contributed by atoms with Crippen LogP contribution in [0.3, 0.4) is 0 Å². The number of piperidine rings is 1. The normalized spacial score (nSPS) is 15.9. The molecule has 0 spiro atoms. The second-order valence-electron chi connectivity index (χ2n) is 11.5. The number of likely N-dealkylation sites (tertiary alicyclic amines) is 1. The number of aromatic nitrogens is 4. The number of aryl methyl sites for hydroxylation is 2. The van der Waals surface area contributed by atoms with Crippen molar-refractivity contribution in [3.05, 3.63) is 64.9 Å². The van der Waals surface area contributed by atoms with Crippen LogP contribution in [0.15, 0.2) is 41.8 Å². The zero-order chi connectivity index (χ0) is 28.6. The first-order valence-corrected chi connectivity index (χ1v) is 14.9. The van der Waals surface area contributed by atoms with Crippen molar-refractivity contribution in [1.82, 2.24) is 24.8 Å². The van der Waals surface area contributed by atoms with Gasteiger partial charge in [-0.25, -0.2) is 15.0 Å². The number of fused-ring (bicyclic) bond motifs is 1. The van der Waals surface area contributed by atoms with Crippen molar-refractivity contribution in [2.45, 2.75) is 79.6 Å². The Kier molecular flexibility index (Phi) is 10.3. The molecule has 0 unspecified atom stereocenters. The fourth-order valence-corrected chi connectivity index (χ4v) is 5.78. The largest absolute Gasteiger partial charge is 0.354 e. The summed E-state index contributed by atoms with van der Waals surface area (Å²) < 4.78 is 0. The summed E-state index contributed by atoms with van der Waals surface area (Å²) in [5.74, 6) is 2.39. The van der Waals surface area contributed by atoms with Gasteiger partial charge in [-0.15, -0.1) is 0 Å². The molecule has 0 atom stereocenters. The second-order valence-corrected chi connectivity index (χ2v) is 11.5. The quantitative estimate of drug-likeness (QED) is 0.143. The number of hydrogen-bond acceptors (Lipinski definition) is 6. The van der Waals surface area contributed by atoms with E-state index in [-0.39, 0.29) is 0 Å². The lowest BCUT2D eigenvalue weighted by molar-refractivity contribution is 0.211. The highest BCUT2D eigenvalue weighted by molar-refractivity contribution is 5.87. The number of aromatic amines is 1. The highest BCUT2D eigenvalue weighted by Crippen LogP contribution is 2.29. The van der Waals surface area contributed by atoms with Gasteiger partial charge in [0.15, 0.2) is 0 Å². The minimum Gasteiger partial charge on any atom is -0.354 e. The van der Waals surface area contributed by atoms with Gasteiger partial charge in [0.25, 0.3) is 0 Å². The van der Waals surface area contributed by atoms with Crippen LogP contribution in [0, 0.1) is 19.8 Å². The van der Waals surface area contributed by atoms with Crippen molar-refractivity contribution in [2.24, 2.45) is 10.9 Å². The number of benzene rings is 1. The Balaban J connectivity index is 1.43. The third-order valence-electron chi connectivity index (χ3n) is 8.19. The minimum absolute atomic E-state index is 0.712. The van der Waals surface area contributed by atoms with Crippen molar-refractivity contribution in [3.63, 3.8) is 0 Å². The Labute approximate surface area is 240 Å². The molecule has 2 N–H and O–H groups in total. The first-order chi connectivity index (χ1) is 19.3. The average Bonchev–Trinajstić information content (AvgIpc) is 3.35. The van der Waals surface area contributed by atoms with Crippen LogP contribution < -0.4 is 5.32 Å². The Morgan fingerprint density at radius 2 is 1.93 bits per heavy atom. The molecule has 3 heterocycles. The third kappa shape index (κ3) is 7.45. The molecule has 2 aromatic heterocycles. The van der Waals surface area contributed by atoms with E-state index in [4.69, 9.17) is 9.98 Å². The molecule has 0 amide bonds. The smallest absolute Gasteiger partial charge is 0.222 e. The van der Waals surface area contributed by atoms with Gasteiger partial charge in [0.1, 0.15) is 5.82 Å². The van der Waals surface area contributed by atoms with Crippen molar-refractivity contribution in [2.75, 3.05) is 32.0 Å². The van der Waals surface area contributed by atoms with Gasteiger partial charge >= 0.3 is 0 Å². The van der Waals surface area contributed by atoms with E-state index in [1.165, 1.54) is 49.0 Å². The lowest BCUT2D eigenvalue weighted by Crippen LogP contribution is -2.30. The minimum atomic E-state index is 0.712. The Morgan fingerprint density at radius 1 is 1.20 bits per heavy atom. The van der Waals surface area contributed by atoms with Crippen molar-refractivity contribution >= 4 is 28.3 Å². The first kappa shape index (κ1) is 29.7. The van der Waals surface area contributed by atoms with Gasteiger partial charge in [-0.2, -0.15) is 0 Å². The van der Waals surface area contributed by atoms with Gasteiger partial charge in [0, 0.05) is 42.3 Å². The molecule has 1 aliphatic heterocycles. The summed E-state index contributed by atoms with van der Waals surface area (Å²) in [6.07, 6.45) is 13.7. The number of allylic oxidation sites excluding steroid dienone is 3. The Hall–Kier alpha value is -3.32. The molecule has 7 heteroatoms. The molecule has 40 heavy (non-hydrogen) atoms. The number of aliphatic imine (C=N–C) groups is 1. The van der Waals surface area contributed by atoms with Crippen LogP contribution in [0.2, 0.25) is 0 Å². The van der Waals surface area contributed by atoms with E-state index in [1.807, 2.05) is 25.4 Å². The third-order valence-corrected chi connectivity index (χ3v) is 8.19. The maximum atomic E-state index is 5.00.